The zero-order valence-electron chi connectivity index (χ0n) is 11.1. The van der Waals surface area contributed by atoms with Crippen LogP contribution in [0.1, 0.15) is 43.4 Å². The first kappa shape index (κ1) is 14.4. The van der Waals surface area contributed by atoms with Gasteiger partial charge in [-0.05, 0) is 37.3 Å². The molecule has 0 unspecified atom stereocenters. The summed E-state index contributed by atoms with van der Waals surface area (Å²) in [5, 5.41) is 18.9. The van der Waals surface area contributed by atoms with Crippen molar-refractivity contribution in [3.63, 3.8) is 0 Å². The average Bonchev–Trinajstić information content (AvgIpc) is 2.30. The van der Waals surface area contributed by atoms with Crippen LogP contribution in [-0.4, -0.2) is 16.4 Å². The molecule has 0 aromatic heterocycles. The monoisotopic (exact) mass is 252 g/mol. The predicted octanol–water partition coefficient (Wildman–Crippen LogP) is 3.66. The smallest absolute Gasteiger partial charge is 0.504 e. The number of aryl methyl sites for hydroxylation is 2. The minimum absolute atomic E-state index is 0.0361. The summed E-state index contributed by atoms with van der Waals surface area (Å²) in [5.74, 6) is 0.0596. The zero-order valence-corrected chi connectivity index (χ0v) is 11.1. The Hall–Kier alpha value is -1.71. The summed E-state index contributed by atoms with van der Waals surface area (Å²) >= 11 is 0. The number of unbranched alkanes of at least 4 members (excludes halogenated alkanes) is 1. The molecule has 0 bridgehead atoms. The van der Waals surface area contributed by atoms with Crippen LogP contribution in [0.2, 0.25) is 0 Å². The second kappa shape index (κ2) is 6.28. The lowest BCUT2D eigenvalue weighted by Crippen LogP contribution is -2.07. The van der Waals surface area contributed by atoms with E-state index in [9.17, 15) is 9.90 Å². The molecule has 0 saturated carbocycles. The van der Waals surface area contributed by atoms with Crippen LogP contribution in [0.4, 0.5) is 4.79 Å². The van der Waals surface area contributed by atoms with Crippen LogP contribution >= 0.6 is 0 Å². The van der Waals surface area contributed by atoms with Gasteiger partial charge in [0.2, 0.25) is 0 Å². The van der Waals surface area contributed by atoms with E-state index in [4.69, 9.17) is 9.84 Å². The van der Waals surface area contributed by atoms with Crippen molar-refractivity contribution >= 4 is 6.16 Å². The van der Waals surface area contributed by atoms with Crippen molar-refractivity contribution in [2.45, 2.75) is 46.5 Å². The molecule has 0 aliphatic rings. The van der Waals surface area contributed by atoms with Gasteiger partial charge in [0.15, 0.2) is 11.5 Å². The van der Waals surface area contributed by atoms with Crippen molar-refractivity contribution in [1.29, 1.82) is 0 Å². The molecule has 1 aromatic rings. The number of hydrogen-bond donors (Lipinski definition) is 2. The van der Waals surface area contributed by atoms with Crippen LogP contribution in [0.3, 0.4) is 0 Å². The standard InChI is InChI=1S/C14H20O4/c1-4-6-7-10-8-9(3)11(5-2)12(15)13(10)18-14(16)17/h8,15H,4-7H2,1-3H3,(H,16,17). The van der Waals surface area contributed by atoms with Gasteiger partial charge >= 0.3 is 6.16 Å². The Balaban J connectivity index is 3.25. The van der Waals surface area contributed by atoms with E-state index in [1.165, 1.54) is 0 Å². The summed E-state index contributed by atoms with van der Waals surface area (Å²) in [4.78, 5) is 10.7. The molecule has 0 fully saturated rings. The number of hydrogen-bond acceptors (Lipinski definition) is 3. The summed E-state index contributed by atoms with van der Waals surface area (Å²) in [7, 11) is 0. The first-order chi connectivity index (χ1) is 8.51. The summed E-state index contributed by atoms with van der Waals surface area (Å²) in [6, 6.07) is 1.91. The fraction of sp³-hybridized carbons (Fsp3) is 0.500. The van der Waals surface area contributed by atoms with E-state index in [0.717, 1.165) is 29.5 Å². The van der Waals surface area contributed by atoms with Crippen LogP contribution in [0.25, 0.3) is 0 Å². The van der Waals surface area contributed by atoms with Gasteiger partial charge < -0.3 is 14.9 Å². The van der Waals surface area contributed by atoms with Crippen molar-refractivity contribution in [2.75, 3.05) is 0 Å². The fourth-order valence-electron chi connectivity index (χ4n) is 2.09. The molecule has 0 spiro atoms. The molecule has 0 radical (unpaired) electrons. The molecular formula is C14H20O4. The van der Waals surface area contributed by atoms with Crippen molar-refractivity contribution in [2.24, 2.45) is 0 Å². The first-order valence-electron chi connectivity index (χ1n) is 6.26. The molecule has 0 heterocycles. The van der Waals surface area contributed by atoms with Crippen LogP contribution in [-0.2, 0) is 12.8 Å². The Labute approximate surface area is 107 Å². The number of aromatic hydroxyl groups is 1. The summed E-state index contributed by atoms with van der Waals surface area (Å²) in [6.07, 6.45) is 1.88. The summed E-state index contributed by atoms with van der Waals surface area (Å²) in [6.45, 7) is 5.89. The number of carbonyl (C=O) groups is 1. The van der Waals surface area contributed by atoms with Gasteiger partial charge in [0.05, 0.1) is 0 Å². The predicted molar refractivity (Wildman–Crippen MR) is 69.5 cm³/mol. The Bertz CT molecular complexity index is 438. The highest BCUT2D eigenvalue weighted by molar-refractivity contribution is 5.66. The van der Waals surface area contributed by atoms with E-state index >= 15 is 0 Å². The second-order valence-electron chi connectivity index (χ2n) is 4.33. The van der Waals surface area contributed by atoms with Gasteiger partial charge in [0, 0.05) is 5.56 Å². The van der Waals surface area contributed by atoms with Crippen molar-refractivity contribution in [3.8, 4) is 11.5 Å². The molecule has 0 aliphatic carbocycles. The number of carboxylic acid groups (broad SMARTS) is 1. The molecule has 0 aliphatic heterocycles. The molecule has 1 rings (SSSR count). The van der Waals surface area contributed by atoms with Crippen LogP contribution in [0, 0.1) is 6.92 Å². The summed E-state index contributed by atoms with van der Waals surface area (Å²) in [5.41, 5.74) is 2.47. The Morgan fingerprint density at radius 2 is 2.06 bits per heavy atom. The molecule has 1 aromatic carbocycles. The van der Waals surface area contributed by atoms with E-state index in [1.54, 1.807) is 0 Å². The third kappa shape index (κ3) is 3.15. The van der Waals surface area contributed by atoms with Gasteiger partial charge in [-0.1, -0.05) is 26.3 Å². The first-order valence-corrected chi connectivity index (χ1v) is 6.26. The van der Waals surface area contributed by atoms with Crippen molar-refractivity contribution in [1.82, 2.24) is 0 Å². The Morgan fingerprint density at radius 1 is 1.39 bits per heavy atom. The van der Waals surface area contributed by atoms with Gasteiger partial charge in [-0.2, -0.15) is 0 Å². The normalized spacial score (nSPS) is 10.4. The van der Waals surface area contributed by atoms with E-state index in [1.807, 2.05) is 19.9 Å². The van der Waals surface area contributed by atoms with Gasteiger partial charge in [0.25, 0.3) is 0 Å². The molecule has 100 valence electrons. The maximum Gasteiger partial charge on any atom is 0.511 e. The van der Waals surface area contributed by atoms with E-state index in [-0.39, 0.29) is 11.5 Å². The highest BCUT2D eigenvalue weighted by Gasteiger charge is 2.18. The second-order valence-corrected chi connectivity index (χ2v) is 4.33. The molecule has 18 heavy (non-hydrogen) atoms. The minimum Gasteiger partial charge on any atom is -0.504 e. The van der Waals surface area contributed by atoms with Crippen molar-refractivity contribution in [3.05, 3.63) is 22.8 Å². The quantitative estimate of drug-likeness (QED) is 0.620. The topological polar surface area (TPSA) is 66.8 Å². The average molecular weight is 252 g/mol. The van der Waals surface area contributed by atoms with Crippen LogP contribution in [0.5, 0.6) is 11.5 Å². The molecular weight excluding hydrogens is 232 g/mol. The number of ether oxygens (including phenoxy) is 1. The molecule has 0 amide bonds. The molecule has 4 heteroatoms. The summed E-state index contributed by atoms with van der Waals surface area (Å²) < 4.78 is 4.74. The molecule has 4 nitrogen and oxygen atoms in total. The Morgan fingerprint density at radius 3 is 2.56 bits per heavy atom. The maximum absolute atomic E-state index is 10.7. The van der Waals surface area contributed by atoms with Crippen LogP contribution in [0.15, 0.2) is 6.07 Å². The van der Waals surface area contributed by atoms with Gasteiger partial charge in [-0.15, -0.1) is 0 Å². The van der Waals surface area contributed by atoms with E-state index < -0.39 is 6.16 Å². The molecule has 0 saturated heterocycles. The van der Waals surface area contributed by atoms with Gasteiger partial charge in [-0.25, -0.2) is 4.79 Å². The van der Waals surface area contributed by atoms with Gasteiger partial charge in [0.1, 0.15) is 0 Å². The minimum atomic E-state index is -1.39. The SMILES string of the molecule is CCCCc1cc(C)c(CC)c(O)c1OC(=O)O. The number of phenols is 1. The highest BCUT2D eigenvalue weighted by atomic mass is 16.7. The fourth-order valence-corrected chi connectivity index (χ4v) is 2.09. The lowest BCUT2D eigenvalue weighted by molar-refractivity contribution is 0.142. The number of benzene rings is 1. The lowest BCUT2D eigenvalue weighted by Gasteiger charge is -2.15. The largest absolute Gasteiger partial charge is 0.511 e. The third-order valence-corrected chi connectivity index (χ3v) is 3.00. The Kier molecular flexibility index (Phi) is 5.01. The molecule has 2 N–H and O–H groups in total. The number of phenolic OH excluding ortho intramolecular Hbond substituents is 1. The number of rotatable bonds is 5. The maximum atomic E-state index is 10.7. The van der Waals surface area contributed by atoms with Gasteiger partial charge in [-0.3, -0.25) is 0 Å². The third-order valence-electron chi connectivity index (χ3n) is 3.00. The van der Waals surface area contributed by atoms with Crippen LogP contribution < -0.4 is 4.74 Å². The zero-order chi connectivity index (χ0) is 13.7. The van der Waals surface area contributed by atoms with E-state index in [2.05, 4.69) is 6.92 Å². The highest BCUT2D eigenvalue weighted by Crippen LogP contribution is 2.37. The lowest BCUT2D eigenvalue weighted by atomic mass is 9.97. The van der Waals surface area contributed by atoms with E-state index in [0.29, 0.717) is 12.8 Å². The molecule has 0 atom stereocenters. The van der Waals surface area contributed by atoms with Crippen molar-refractivity contribution < 1.29 is 19.7 Å².